The van der Waals surface area contributed by atoms with Crippen molar-refractivity contribution in [3.8, 4) is 5.75 Å². The van der Waals surface area contributed by atoms with Crippen molar-refractivity contribution in [1.82, 2.24) is 16.0 Å². The molecule has 1 aromatic carbocycles. The second-order valence-electron chi connectivity index (χ2n) is 7.60. The van der Waals surface area contributed by atoms with Crippen molar-refractivity contribution in [2.75, 3.05) is 26.2 Å². The average molecular weight is 408 g/mol. The van der Waals surface area contributed by atoms with Gasteiger partial charge in [0.2, 0.25) is 11.8 Å². The Morgan fingerprint density at radius 1 is 0.897 bits per heavy atom. The number of para-hydroxylation sites is 1. The fourth-order valence-electron chi connectivity index (χ4n) is 2.31. The number of aryl methyl sites for hydroxylation is 1. The normalized spacial score (nSPS) is 10.8. The molecule has 0 bridgehead atoms. The second kappa shape index (κ2) is 12.6. The number of ether oxygens (including phenoxy) is 2. The molecule has 0 aliphatic heterocycles. The van der Waals surface area contributed by atoms with Crippen molar-refractivity contribution in [2.24, 2.45) is 0 Å². The van der Waals surface area contributed by atoms with Crippen LogP contribution in [0.25, 0.3) is 0 Å². The second-order valence-corrected chi connectivity index (χ2v) is 7.60. The van der Waals surface area contributed by atoms with Crippen molar-refractivity contribution in [3.63, 3.8) is 0 Å². The van der Waals surface area contributed by atoms with E-state index in [4.69, 9.17) is 9.47 Å². The monoisotopic (exact) mass is 407 g/mol. The van der Waals surface area contributed by atoms with Crippen molar-refractivity contribution in [1.29, 1.82) is 0 Å². The molecule has 29 heavy (non-hydrogen) atoms. The summed E-state index contributed by atoms with van der Waals surface area (Å²) in [7, 11) is 0. The van der Waals surface area contributed by atoms with Gasteiger partial charge in [0.15, 0.2) is 0 Å². The van der Waals surface area contributed by atoms with E-state index in [1.54, 1.807) is 20.8 Å². The smallest absolute Gasteiger partial charge is 0.407 e. The van der Waals surface area contributed by atoms with Crippen LogP contribution in [-0.2, 0) is 14.3 Å². The number of hydrogen-bond donors (Lipinski definition) is 3. The Hall–Kier alpha value is -2.77. The maximum absolute atomic E-state index is 11.8. The van der Waals surface area contributed by atoms with Gasteiger partial charge in [-0.15, -0.1) is 0 Å². The van der Waals surface area contributed by atoms with E-state index in [-0.39, 0.29) is 24.8 Å². The van der Waals surface area contributed by atoms with Crippen LogP contribution >= 0.6 is 0 Å². The lowest BCUT2D eigenvalue weighted by Crippen LogP contribution is -2.37. The Morgan fingerprint density at radius 2 is 1.52 bits per heavy atom. The molecule has 0 aliphatic carbocycles. The van der Waals surface area contributed by atoms with Gasteiger partial charge in [0.05, 0.1) is 6.61 Å². The first-order chi connectivity index (χ1) is 13.7. The summed E-state index contributed by atoms with van der Waals surface area (Å²) in [5.74, 6) is 0.540. The van der Waals surface area contributed by atoms with Crippen LogP contribution in [0, 0.1) is 6.92 Å². The van der Waals surface area contributed by atoms with Crippen LogP contribution in [0.2, 0.25) is 0 Å². The molecule has 8 nitrogen and oxygen atoms in total. The first-order valence-corrected chi connectivity index (χ1v) is 9.86. The Bertz CT molecular complexity index is 671. The molecule has 0 heterocycles. The van der Waals surface area contributed by atoms with Gasteiger partial charge in [0, 0.05) is 32.5 Å². The van der Waals surface area contributed by atoms with Gasteiger partial charge in [-0.05, 0) is 45.7 Å². The maximum Gasteiger partial charge on any atom is 0.407 e. The zero-order chi connectivity index (χ0) is 21.7. The molecular weight excluding hydrogens is 374 g/mol. The topological polar surface area (TPSA) is 106 Å². The summed E-state index contributed by atoms with van der Waals surface area (Å²) < 4.78 is 10.7. The van der Waals surface area contributed by atoms with Crippen LogP contribution in [-0.4, -0.2) is 49.7 Å². The summed E-state index contributed by atoms with van der Waals surface area (Å²) in [6, 6.07) is 7.74. The van der Waals surface area contributed by atoms with Crippen LogP contribution in [0.15, 0.2) is 24.3 Å². The SMILES string of the molecule is Cc1ccccc1OCCCC(=O)NCCNC(=O)CCNC(=O)OC(C)(C)C. The van der Waals surface area contributed by atoms with Crippen LogP contribution in [0.4, 0.5) is 4.79 Å². The lowest BCUT2D eigenvalue weighted by molar-refractivity contribution is -0.123. The predicted octanol–water partition coefficient (Wildman–Crippen LogP) is 2.30. The highest BCUT2D eigenvalue weighted by Crippen LogP contribution is 2.16. The Kier molecular flexibility index (Phi) is 10.6. The summed E-state index contributed by atoms with van der Waals surface area (Å²) >= 11 is 0. The summed E-state index contributed by atoms with van der Waals surface area (Å²) in [5.41, 5.74) is 0.492. The summed E-state index contributed by atoms with van der Waals surface area (Å²) in [5, 5.41) is 7.95. The molecular formula is C21H33N3O5. The molecule has 0 saturated carbocycles. The van der Waals surface area contributed by atoms with Crippen LogP contribution in [0.3, 0.4) is 0 Å². The molecule has 162 valence electrons. The fraction of sp³-hybridized carbons (Fsp3) is 0.571. The largest absolute Gasteiger partial charge is 0.493 e. The number of benzene rings is 1. The van der Waals surface area contributed by atoms with E-state index in [1.165, 1.54) is 0 Å². The van der Waals surface area contributed by atoms with Gasteiger partial charge in [-0.1, -0.05) is 18.2 Å². The standard InChI is InChI=1S/C21H33N3O5/c1-16-8-5-6-9-17(16)28-15-7-10-18(25)22-13-14-23-19(26)11-12-24-20(27)29-21(2,3)4/h5-6,8-9H,7,10-15H2,1-4H3,(H,22,25)(H,23,26)(H,24,27). The molecule has 0 aromatic heterocycles. The average Bonchev–Trinajstić information content (AvgIpc) is 2.62. The summed E-state index contributed by atoms with van der Waals surface area (Å²) in [4.78, 5) is 34.9. The highest BCUT2D eigenvalue weighted by Gasteiger charge is 2.15. The van der Waals surface area contributed by atoms with E-state index >= 15 is 0 Å². The lowest BCUT2D eigenvalue weighted by atomic mass is 10.2. The molecule has 0 saturated heterocycles. The molecule has 0 spiro atoms. The quantitative estimate of drug-likeness (QED) is 0.488. The van der Waals surface area contributed by atoms with Gasteiger partial charge in [-0.25, -0.2) is 4.79 Å². The third-order valence-corrected chi connectivity index (χ3v) is 3.69. The lowest BCUT2D eigenvalue weighted by Gasteiger charge is -2.19. The zero-order valence-corrected chi connectivity index (χ0v) is 17.8. The molecule has 0 aliphatic rings. The highest BCUT2D eigenvalue weighted by molar-refractivity contribution is 5.77. The van der Waals surface area contributed by atoms with Gasteiger partial charge in [-0.3, -0.25) is 9.59 Å². The number of carbonyl (C=O) groups excluding carboxylic acids is 3. The molecule has 0 radical (unpaired) electrons. The minimum absolute atomic E-state index is 0.0841. The Labute approximate surface area is 172 Å². The van der Waals surface area contributed by atoms with E-state index in [0.717, 1.165) is 11.3 Å². The molecule has 0 unspecified atom stereocenters. The molecule has 3 amide bonds. The fourth-order valence-corrected chi connectivity index (χ4v) is 2.31. The van der Waals surface area contributed by atoms with E-state index in [9.17, 15) is 14.4 Å². The predicted molar refractivity (Wildman–Crippen MR) is 111 cm³/mol. The molecule has 0 atom stereocenters. The Morgan fingerprint density at radius 3 is 2.14 bits per heavy atom. The molecule has 8 heteroatoms. The first-order valence-electron chi connectivity index (χ1n) is 9.86. The third kappa shape index (κ3) is 12.3. The van der Waals surface area contributed by atoms with Crippen LogP contribution < -0.4 is 20.7 Å². The third-order valence-electron chi connectivity index (χ3n) is 3.69. The molecule has 3 N–H and O–H groups in total. The number of hydrogen-bond acceptors (Lipinski definition) is 5. The van der Waals surface area contributed by atoms with Crippen LogP contribution in [0.1, 0.15) is 45.6 Å². The van der Waals surface area contributed by atoms with E-state index < -0.39 is 11.7 Å². The molecule has 0 fully saturated rings. The molecule has 1 rings (SSSR count). The van der Waals surface area contributed by atoms with Crippen molar-refractivity contribution < 1.29 is 23.9 Å². The zero-order valence-electron chi connectivity index (χ0n) is 17.8. The highest BCUT2D eigenvalue weighted by atomic mass is 16.6. The number of nitrogens with one attached hydrogen (secondary N) is 3. The summed E-state index contributed by atoms with van der Waals surface area (Å²) in [6.07, 6.45) is 0.565. The summed E-state index contributed by atoms with van der Waals surface area (Å²) in [6.45, 7) is 8.62. The Balaban J connectivity index is 2.02. The number of amides is 3. The van der Waals surface area contributed by atoms with Crippen molar-refractivity contribution >= 4 is 17.9 Å². The number of carbonyl (C=O) groups is 3. The van der Waals surface area contributed by atoms with Gasteiger partial charge in [-0.2, -0.15) is 0 Å². The maximum atomic E-state index is 11.8. The van der Waals surface area contributed by atoms with Gasteiger partial charge in [0.25, 0.3) is 0 Å². The van der Waals surface area contributed by atoms with E-state index in [2.05, 4.69) is 16.0 Å². The number of rotatable bonds is 11. The first kappa shape index (κ1) is 24.3. The van der Waals surface area contributed by atoms with Crippen LogP contribution in [0.5, 0.6) is 5.75 Å². The van der Waals surface area contributed by atoms with Gasteiger partial charge in [0.1, 0.15) is 11.4 Å². The minimum Gasteiger partial charge on any atom is -0.493 e. The van der Waals surface area contributed by atoms with Gasteiger partial charge >= 0.3 is 6.09 Å². The van der Waals surface area contributed by atoms with Gasteiger partial charge < -0.3 is 25.4 Å². The van der Waals surface area contributed by atoms with Crippen molar-refractivity contribution in [2.45, 2.75) is 52.6 Å². The molecule has 1 aromatic rings. The minimum atomic E-state index is -0.572. The van der Waals surface area contributed by atoms with Crippen molar-refractivity contribution in [3.05, 3.63) is 29.8 Å². The van der Waals surface area contributed by atoms with E-state index in [1.807, 2.05) is 31.2 Å². The van der Waals surface area contributed by atoms with E-state index in [0.29, 0.717) is 32.5 Å². The number of alkyl carbamates (subject to hydrolysis) is 1.